The van der Waals surface area contributed by atoms with Crippen LogP contribution in [0.15, 0.2) is 36.7 Å². The lowest BCUT2D eigenvalue weighted by Crippen LogP contribution is -2.13. The van der Waals surface area contributed by atoms with Gasteiger partial charge in [-0.2, -0.15) is 0 Å². The number of aromatic nitrogens is 2. The molecule has 0 saturated heterocycles. The Bertz CT molecular complexity index is 523. The maximum Gasteiger partial charge on any atom is 0.267 e. The molecular formula is C12H11N3O. The van der Waals surface area contributed by atoms with E-state index in [9.17, 15) is 4.79 Å². The molecule has 1 amide bonds. The second-order valence-corrected chi connectivity index (χ2v) is 3.47. The number of hydrogen-bond acceptors (Lipinski definition) is 3. The van der Waals surface area contributed by atoms with Crippen LogP contribution >= 0.6 is 0 Å². The van der Waals surface area contributed by atoms with Crippen molar-refractivity contribution in [2.45, 2.75) is 6.92 Å². The highest BCUT2D eigenvalue weighted by atomic mass is 16.1. The van der Waals surface area contributed by atoms with Crippen LogP contribution in [0.3, 0.4) is 0 Å². The van der Waals surface area contributed by atoms with Crippen molar-refractivity contribution in [3.05, 3.63) is 47.9 Å². The Labute approximate surface area is 93.2 Å². The fourth-order valence-electron chi connectivity index (χ4n) is 1.46. The number of hydrogen-bond donors (Lipinski definition) is 1. The van der Waals surface area contributed by atoms with Crippen molar-refractivity contribution in [3.8, 4) is 11.3 Å². The third-order valence-electron chi connectivity index (χ3n) is 2.28. The zero-order valence-electron chi connectivity index (χ0n) is 8.84. The van der Waals surface area contributed by atoms with Gasteiger partial charge in [-0.3, -0.25) is 9.78 Å². The lowest BCUT2D eigenvalue weighted by Gasteiger charge is -2.05. The van der Waals surface area contributed by atoms with Crippen LogP contribution < -0.4 is 5.73 Å². The van der Waals surface area contributed by atoms with Gasteiger partial charge in [-0.05, 0) is 30.7 Å². The topological polar surface area (TPSA) is 68.9 Å². The lowest BCUT2D eigenvalue weighted by molar-refractivity contribution is 0.0995. The molecule has 4 heteroatoms. The highest BCUT2D eigenvalue weighted by Gasteiger charge is 2.08. The van der Waals surface area contributed by atoms with Gasteiger partial charge in [0.25, 0.3) is 5.91 Å². The molecule has 2 rings (SSSR count). The van der Waals surface area contributed by atoms with E-state index in [4.69, 9.17) is 5.73 Å². The number of nitrogens with two attached hydrogens (primary N) is 1. The van der Waals surface area contributed by atoms with Gasteiger partial charge >= 0.3 is 0 Å². The minimum atomic E-state index is -0.523. The monoisotopic (exact) mass is 213 g/mol. The Morgan fingerprint density at radius 3 is 2.75 bits per heavy atom. The number of amides is 1. The minimum absolute atomic E-state index is 0.268. The average Bonchev–Trinajstić information content (AvgIpc) is 2.30. The van der Waals surface area contributed by atoms with E-state index < -0.39 is 5.91 Å². The SMILES string of the molecule is Cc1ccc(C(N)=O)nc1-c1cccnc1. The molecular weight excluding hydrogens is 202 g/mol. The van der Waals surface area contributed by atoms with Gasteiger partial charge in [0.05, 0.1) is 5.69 Å². The van der Waals surface area contributed by atoms with Gasteiger partial charge in [-0.15, -0.1) is 0 Å². The normalized spacial score (nSPS) is 10.1. The fraction of sp³-hybridized carbons (Fsp3) is 0.0833. The van der Waals surface area contributed by atoms with E-state index >= 15 is 0 Å². The standard InChI is InChI=1S/C12H11N3O/c1-8-4-5-10(12(13)16)15-11(8)9-3-2-6-14-7-9/h2-7H,1H3,(H2,13,16). The molecule has 4 nitrogen and oxygen atoms in total. The third kappa shape index (κ3) is 1.91. The lowest BCUT2D eigenvalue weighted by atomic mass is 10.1. The molecule has 0 spiro atoms. The molecule has 0 aliphatic carbocycles. The first-order chi connectivity index (χ1) is 7.68. The zero-order valence-corrected chi connectivity index (χ0v) is 8.84. The summed E-state index contributed by atoms with van der Waals surface area (Å²) < 4.78 is 0. The number of primary amides is 1. The summed E-state index contributed by atoms with van der Waals surface area (Å²) in [5.74, 6) is -0.523. The van der Waals surface area contributed by atoms with Crippen LogP contribution in [0.1, 0.15) is 16.1 Å². The molecule has 0 aliphatic heterocycles. The van der Waals surface area contributed by atoms with Gasteiger partial charge in [0.15, 0.2) is 0 Å². The van der Waals surface area contributed by atoms with Crippen molar-refractivity contribution in [2.75, 3.05) is 0 Å². The molecule has 2 aromatic heterocycles. The summed E-state index contributed by atoms with van der Waals surface area (Å²) in [6.07, 6.45) is 3.40. The van der Waals surface area contributed by atoms with Gasteiger partial charge in [0.2, 0.25) is 0 Å². The largest absolute Gasteiger partial charge is 0.364 e. The summed E-state index contributed by atoms with van der Waals surface area (Å²) >= 11 is 0. The van der Waals surface area contributed by atoms with Crippen LogP contribution in [0.5, 0.6) is 0 Å². The van der Waals surface area contributed by atoms with Crippen molar-refractivity contribution < 1.29 is 4.79 Å². The molecule has 2 aromatic rings. The third-order valence-corrected chi connectivity index (χ3v) is 2.28. The van der Waals surface area contributed by atoms with Crippen LogP contribution in [-0.4, -0.2) is 15.9 Å². The van der Waals surface area contributed by atoms with E-state index in [0.717, 1.165) is 16.8 Å². The second kappa shape index (κ2) is 4.10. The van der Waals surface area contributed by atoms with E-state index in [2.05, 4.69) is 9.97 Å². The Morgan fingerprint density at radius 2 is 2.12 bits per heavy atom. The molecule has 2 heterocycles. The Hall–Kier alpha value is -2.23. The molecule has 16 heavy (non-hydrogen) atoms. The summed E-state index contributed by atoms with van der Waals surface area (Å²) in [5, 5.41) is 0. The van der Waals surface area contributed by atoms with E-state index in [1.807, 2.05) is 25.1 Å². The molecule has 0 aromatic carbocycles. The summed E-state index contributed by atoms with van der Waals surface area (Å²) in [6, 6.07) is 7.17. The highest BCUT2D eigenvalue weighted by Crippen LogP contribution is 2.19. The maximum absolute atomic E-state index is 11.0. The molecule has 0 aliphatic rings. The molecule has 80 valence electrons. The molecule has 0 radical (unpaired) electrons. The van der Waals surface area contributed by atoms with Crippen molar-refractivity contribution in [1.29, 1.82) is 0 Å². The molecule has 2 N–H and O–H groups in total. The van der Waals surface area contributed by atoms with Gasteiger partial charge < -0.3 is 5.73 Å². The molecule has 0 atom stereocenters. The van der Waals surface area contributed by atoms with Crippen LogP contribution in [0.2, 0.25) is 0 Å². The van der Waals surface area contributed by atoms with Gasteiger partial charge in [-0.1, -0.05) is 6.07 Å². The number of nitrogens with zero attached hydrogens (tertiary/aromatic N) is 2. The average molecular weight is 213 g/mol. The van der Waals surface area contributed by atoms with E-state index in [1.54, 1.807) is 18.5 Å². The summed E-state index contributed by atoms with van der Waals surface area (Å²) in [6.45, 7) is 1.93. The first kappa shape index (κ1) is 10.3. The van der Waals surface area contributed by atoms with Crippen molar-refractivity contribution in [2.24, 2.45) is 5.73 Å². The first-order valence-corrected chi connectivity index (χ1v) is 4.86. The molecule has 0 bridgehead atoms. The van der Waals surface area contributed by atoms with Gasteiger partial charge in [0.1, 0.15) is 5.69 Å². The van der Waals surface area contributed by atoms with Crippen LogP contribution in [0.4, 0.5) is 0 Å². The van der Waals surface area contributed by atoms with Crippen LogP contribution in [-0.2, 0) is 0 Å². The zero-order chi connectivity index (χ0) is 11.5. The quantitative estimate of drug-likeness (QED) is 0.822. The molecule has 0 fully saturated rings. The summed E-state index contributed by atoms with van der Waals surface area (Å²) in [5.41, 5.74) is 8.06. The van der Waals surface area contributed by atoms with Crippen molar-refractivity contribution >= 4 is 5.91 Å². The maximum atomic E-state index is 11.0. The van der Waals surface area contributed by atoms with E-state index in [0.29, 0.717) is 0 Å². The van der Waals surface area contributed by atoms with E-state index in [1.165, 1.54) is 0 Å². The summed E-state index contributed by atoms with van der Waals surface area (Å²) in [7, 11) is 0. The summed E-state index contributed by atoms with van der Waals surface area (Å²) in [4.78, 5) is 19.3. The second-order valence-electron chi connectivity index (χ2n) is 3.47. The van der Waals surface area contributed by atoms with E-state index in [-0.39, 0.29) is 5.69 Å². The number of carbonyl (C=O) groups excluding carboxylic acids is 1. The Morgan fingerprint density at radius 1 is 1.31 bits per heavy atom. The van der Waals surface area contributed by atoms with Crippen molar-refractivity contribution in [3.63, 3.8) is 0 Å². The van der Waals surface area contributed by atoms with Crippen LogP contribution in [0, 0.1) is 6.92 Å². The molecule has 0 unspecified atom stereocenters. The number of rotatable bonds is 2. The Balaban J connectivity index is 2.56. The van der Waals surface area contributed by atoms with Gasteiger partial charge in [0, 0.05) is 18.0 Å². The number of carbonyl (C=O) groups is 1. The van der Waals surface area contributed by atoms with Crippen LogP contribution in [0.25, 0.3) is 11.3 Å². The predicted molar refractivity (Wildman–Crippen MR) is 60.7 cm³/mol. The first-order valence-electron chi connectivity index (χ1n) is 4.86. The fourth-order valence-corrected chi connectivity index (χ4v) is 1.46. The number of aryl methyl sites for hydroxylation is 1. The Kier molecular flexibility index (Phi) is 2.64. The minimum Gasteiger partial charge on any atom is -0.364 e. The highest BCUT2D eigenvalue weighted by molar-refractivity contribution is 5.91. The predicted octanol–water partition coefficient (Wildman–Crippen LogP) is 1.55. The van der Waals surface area contributed by atoms with Crippen molar-refractivity contribution in [1.82, 2.24) is 9.97 Å². The number of pyridine rings is 2. The van der Waals surface area contributed by atoms with Gasteiger partial charge in [-0.25, -0.2) is 4.98 Å². The molecule has 0 saturated carbocycles. The smallest absolute Gasteiger partial charge is 0.267 e.